The van der Waals surface area contributed by atoms with Gasteiger partial charge in [0.05, 0.1) is 6.10 Å². The van der Waals surface area contributed by atoms with Crippen molar-refractivity contribution in [2.24, 2.45) is 56.7 Å². The summed E-state index contributed by atoms with van der Waals surface area (Å²) in [6.45, 7) is 9.76. The summed E-state index contributed by atoms with van der Waals surface area (Å²) in [5.41, 5.74) is 2.11. The third kappa shape index (κ3) is 4.09. The van der Waals surface area contributed by atoms with Crippen molar-refractivity contribution in [1.29, 1.82) is 0 Å². The maximum absolute atomic E-state index is 13.1. The molecule has 202 valence electrons. The van der Waals surface area contributed by atoms with Crippen LogP contribution in [-0.2, 0) is 4.79 Å². The summed E-state index contributed by atoms with van der Waals surface area (Å²) >= 11 is 0. The molecule has 10 unspecified atom stereocenters. The highest BCUT2D eigenvalue weighted by Gasteiger charge is 2.64. The Morgan fingerprint density at radius 2 is 1.67 bits per heavy atom. The van der Waals surface area contributed by atoms with Gasteiger partial charge in [-0.2, -0.15) is 0 Å². The lowest BCUT2D eigenvalue weighted by Gasteiger charge is -2.67. The Kier molecular flexibility index (Phi) is 7.38. The number of rotatable bonds is 6. The molecular weight excluding hydrogens is 442 g/mol. The number of aliphatic hydroxyl groups excluding tert-OH is 1. The molecule has 5 saturated carbocycles. The van der Waals surface area contributed by atoms with Gasteiger partial charge in [0, 0.05) is 25.3 Å². The molecule has 0 aromatic heterocycles. The van der Waals surface area contributed by atoms with Crippen molar-refractivity contribution in [3.63, 3.8) is 0 Å². The number of ketones is 1. The molecular formula is C33H53NO2. The number of hydrogen-bond donors (Lipinski definition) is 1. The number of allylic oxidation sites excluding steroid dienone is 2. The predicted molar refractivity (Wildman–Crippen MR) is 149 cm³/mol. The lowest BCUT2D eigenvalue weighted by molar-refractivity contribution is -0.195. The average molecular weight is 496 g/mol. The molecule has 10 atom stereocenters. The van der Waals surface area contributed by atoms with Gasteiger partial charge >= 0.3 is 0 Å². The van der Waals surface area contributed by atoms with E-state index in [1.165, 1.54) is 64.2 Å². The van der Waals surface area contributed by atoms with E-state index in [2.05, 4.69) is 38.8 Å². The van der Waals surface area contributed by atoms with Crippen LogP contribution in [0.5, 0.6) is 0 Å². The van der Waals surface area contributed by atoms with Crippen LogP contribution in [0.15, 0.2) is 16.6 Å². The maximum Gasteiger partial charge on any atom is 0.164 e. The number of carbonyl (C=O) groups excluding carboxylic acids is 1. The number of Topliss-reactive ketones (excluding diaryl/α,β-unsaturated/α-hetero) is 1. The van der Waals surface area contributed by atoms with E-state index >= 15 is 0 Å². The fraction of sp³-hybridized carbons (Fsp3) is 0.879. The minimum absolute atomic E-state index is 0.0865. The Balaban J connectivity index is 1.34. The van der Waals surface area contributed by atoms with E-state index in [0.29, 0.717) is 40.3 Å². The lowest BCUT2D eigenvalue weighted by Crippen LogP contribution is -2.61. The molecule has 5 aliphatic rings. The average Bonchev–Trinajstić information content (AvgIpc) is 3.29. The second-order valence-corrected chi connectivity index (χ2v) is 14.3. The van der Waals surface area contributed by atoms with Crippen LogP contribution in [0.3, 0.4) is 0 Å². The van der Waals surface area contributed by atoms with E-state index in [1.807, 2.05) is 0 Å². The quantitative estimate of drug-likeness (QED) is 0.302. The first kappa shape index (κ1) is 26.6. The summed E-state index contributed by atoms with van der Waals surface area (Å²) in [5, 5.41) is 10.7. The third-order valence-electron chi connectivity index (χ3n) is 13.1. The molecule has 0 amide bonds. The van der Waals surface area contributed by atoms with Gasteiger partial charge in [0.25, 0.3) is 0 Å². The van der Waals surface area contributed by atoms with Gasteiger partial charge in [0.15, 0.2) is 5.78 Å². The van der Waals surface area contributed by atoms with Crippen LogP contribution >= 0.6 is 0 Å². The molecule has 0 bridgehead atoms. The van der Waals surface area contributed by atoms with Gasteiger partial charge in [0.2, 0.25) is 0 Å². The van der Waals surface area contributed by atoms with Crippen molar-refractivity contribution >= 4 is 12.0 Å². The van der Waals surface area contributed by atoms with Gasteiger partial charge in [-0.15, -0.1) is 0 Å². The largest absolute Gasteiger partial charge is 0.393 e. The zero-order valence-electron chi connectivity index (χ0n) is 23.9. The molecule has 5 fully saturated rings. The molecule has 5 aliphatic carbocycles. The van der Waals surface area contributed by atoms with E-state index in [-0.39, 0.29) is 6.10 Å². The number of fused-ring (bicyclic) bond motifs is 7. The second-order valence-electron chi connectivity index (χ2n) is 14.3. The van der Waals surface area contributed by atoms with Crippen molar-refractivity contribution in [1.82, 2.24) is 0 Å². The number of nitrogens with zero attached hydrogens (tertiary/aromatic N) is 1. The highest BCUT2D eigenvalue weighted by Crippen LogP contribution is 2.72. The summed E-state index contributed by atoms with van der Waals surface area (Å²) in [5.74, 6) is 4.86. The van der Waals surface area contributed by atoms with E-state index in [9.17, 15) is 9.90 Å². The zero-order chi connectivity index (χ0) is 25.7. The van der Waals surface area contributed by atoms with E-state index in [1.54, 1.807) is 13.3 Å². The van der Waals surface area contributed by atoms with Crippen molar-refractivity contribution in [3.05, 3.63) is 11.6 Å². The van der Waals surface area contributed by atoms with Crippen LogP contribution in [0.25, 0.3) is 0 Å². The molecule has 0 saturated heterocycles. The molecule has 3 heteroatoms. The van der Waals surface area contributed by atoms with Crippen LogP contribution in [-0.4, -0.2) is 30.3 Å². The summed E-state index contributed by atoms with van der Waals surface area (Å²) < 4.78 is 0. The molecule has 3 nitrogen and oxygen atoms in total. The highest BCUT2D eigenvalue weighted by molar-refractivity contribution is 6.13. The molecule has 0 aliphatic heterocycles. The van der Waals surface area contributed by atoms with Gasteiger partial charge in [-0.3, -0.25) is 9.79 Å². The minimum Gasteiger partial charge on any atom is -0.393 e. The SMILES string of the molecule is CC/C=C(\C=NC)C(=O)CCC12CCCC1C1CCC3C4(C)CCC(O)C(C)C4CCC3(C)C1CC2. The van der Waals surface area contributed by atoms with E-state index in [0.717, 1.165) is 48.5 Å². The molecule has 1 N–H and O–H groups in total. The van der Waals surface area contributed by atoms with Crippen LogP contribution in [0.2, 0.25) is 0 Å². The van der Waals surface area contributed by atoms with Crippen LogP contribution in [0.1, 0.15) is 118 Å². The molecule has 5 rings (SSSR count). The van der Waals surface area contributed by atoms with Crippen LogP contribution in [0.4, 0.5) is 0 Å². The van der Waals surface area contributed by atoms with Crippen molar-refractivity contribution < 1.29 is 9.90 Å². The van der Waals surface area contributed by atoms with Gasteiger partial charge in [-0.1, -0.05) is 40.2 Å². The summed E-state index contributed by atoms with van der Waals surface area (Å²) in [4.78, 5) is 17.3. The van der Waals surface area contributed by atoms with Crippen molar-refractivity contribution in [3.8, 4) is 0 Å². The Bertz CT molecular complexity index is 892. The monoisotopic (exact) mass is 495 g/mol. The van der Waals surface area contributed by atoms with E-state index in [4.69, 9.17) is 0 Å². The Hall–Kier alpha value is -0.960. The van der Waals surface area contributed by atoms with Gasteiger partial charge in [0.1, 0.15) is 0 Å². The fourth-order valence-corrected chi connectivity index (χ4v) is 11.5. The molecule has 0 aromatic rings. The first-order valence-corrected chi connectivity index (χ1v) is 15.5. The highest BCUT2D eigenvalue weighted by atomic mass is 16.3. The lowest BCUT2D eigenvalue weighted by atomic mass is 9.37. The number of carbonyl (C=O) groups is 1. The smallest absolute Gasteiger partial charge is 0.164 e. The summed E-state index contributed by atoms with van der Waals surface area (Å²) in [7, 11) is 1.77. The van der Waals surface area contributed by atoms with Crippen molar-refractivity contribution in [2.75, 3.05) is 7.05 Å². The number of aliphatic imine (C=N–C) groups is 1. The normalized spacial score (nSPS) is 48.7. The zero-order valence-corrected chi connectivity index (χ0v) is 23.9. The first-order chi connectivity index (χ1) is 17.2. The number of hydrogen-bond acceptors (Lipinski definition) is 3. The van der Waals surface area contributed by atoms with Crippen LogP contribution in [0, 0.1) is 51.8 Å². The maximum atomic E-state index is 13.1. The van der Waals surface area contributed by atoms with E-state index < -0.39 is 0 Å². The van der Waals surface area contributed by atoms with Gasteiger partial charge < -0.3 is 5.11 Å². The standard InChI is InChI=1S/C33H53NO2/c1-6-8-23(21-34-5)29(36)15-20-33-16-7-9-27(33)24-10-11-30-31(3)18-14-28(35)22(2)25(31)12-17-32(30,4)26(24)13-19-33/h8,21-22,24-28,30,35H,6-7,9-20H2,1-5H3/b23-8+,34-21?. The summed E-state index contributed by atoms with van der Waals surface area (Å²) in [6, 6.07) is 0. The first-order valence-electron chi connectivity index (χ1n) is 15.5. The van der Waals surface area contributed by atoms with Gasteiger partial charge in [-0.05, 0) is 129 Å². The predicted octanol–water partition coefficient (Wildman–Crippen LogP) is 7.81. The number of aliphatic hydroxyl groups is 1. The minimum atomic E-state index is -0.0865. The Morgan fingerprint density at radius 3 is 2.42 bits per heavy atom. The summed E-state index contributed by atoms with van der Waals surface area (Å²) in [6.07, 6.45) is 21.0. The third-order valence-corrected chi connectivity index (χ3v) is 13.1. The molecule has 0 spiro atoms. The Labute approximate surface area is 221 Å². The molecule has 0 radical (unpaired) electrons. The molecule has 0 heterocycles. The second kappa shape index (κ2) is 9.97. The molecule has 36 heavy (non-hydrogen) atoms. The molecule has 0 aromatic carbocycles. The fourth-order valence-electron chi connectivity index (χ4n) is 11.5. The van der Waals surface area contributed by atoms with Gasteiger partial charge in [-0.25, -0.2) is 0 Å². The van der Waals surface area contributed by atoms with Crippen LogP contribution < -0.4 is 0 Å². The van der Waals surface area contributed by atoms with Crippen molar-refractivity contribution in [2.45, 2.75) is 124 Å². The Morgan fingerprint density at radius 1 is 0.944 bits per heavy atom. The topological polar surface area (TPSA) is 49.7 Å².